The number of aryl methyl sites for hydroxylation is 1. The Morgan fingerprint density at radius 3 is 2.38 bits per heavy atom. The molecule has 0 heterocycles. The second-order valence-corrected chi connectivity index (χ2v) is 5.29. The smallest absolute Gasteiger partial charge is 0.123 e. The first-order valence-electron chi connectivity index (χ1n) is 6.87. The molecule has 0 spiro atoms. The third-order valence-electron chi connectivity index (χ3n) is 3.25. The lowest BCUT2D eigenvalue weighted by atomic mass is 10.1. The van der Waals surface area contributed by atoms with E-state index in [1.54, 1.807) is 12.1 Å². The highest BCUT2D eigenvalue weighted by Gasteiger charge is 2.09. The lowest BCUT2D eigenvalue weighted by molar-refractivity contribution is 0.301. The Morgan fingerprint density at radius 1 is 1.05 bits per heavy atom. The summed E-state index contributed by atoms with van der Waals surface area (Å²) in [5.74, 6) is 0.0315. The summed E-state index contributed by atoms with van der Waals surface area (Å²) in [6.07, 6.45) is 0.537. The SMILES string of the molecule is Cc1cc(F)ccc1COc1ccc(F)cc1CC(C)N. The van der Waals surface area contributed by atoms with Gasteiger partial charge in [0, 0.05) is 6.04 Å². The summed E-state index contributed by atoms with van der Waals surface area (Å²) in [6.45, 7) is 4.00. The van der Waals surface area contributed by atoms with E-state index < -0.39 is 0 Å². The summed E-state index contributed by atoms with van der Waals surface area (Å²) in [4.78, 5) is 0. The third-order valence-corrected chi connectivity index (χ3v) is 3.25. The zero-order chi connectivity index (χ0) is 15.4. The molecule has 4 heteroatoms. The zero-order valence-electron chi connectivity index (χ0n) is 12.2. The number of nitrogens with two attached hydrogens (primary N) is 1. The fourth-order valence-electron chi connectivity index (χ4n) is 2.17. The van der Waals surface area contributed by atoms with Crippen LogP contribution in [0.4, 0.5) is 8.78 Å². The van der Waals surface area contributed by atoms with Crippen molar-refractivity contribution in [1.82, 2.24) is 0 Å². The van der Waals surface area contributed by atoms with E-state index in [0.717, 1.165) is 16.7 Å². The predicted molar refractivity (Wildman–Crippen MR) is 79.2 cm³/mol. The second kappa shape index (κ2) is 6.68. The molecule has 2 N–H and O–H groups in total. The monoisotopic (exact) mass is 291 g/mol. The molecule has 0 aliphatic carbocycles. The molecule has 0 fully saturated rings. The topological polar surface area (TPSA) is 35.2 Å². The van der Waals surface area contributed by atoms with Gasteiger partial charge in [0.05, 0.1) is 0 Å². The molecule has 2 aromatic rings. The molecule has 21 heavy (non-hydrogen) atoms. The minimum absolute atomic E-state index is 0.0818. The number of ether oxygens (including phenoxy) is 1. The minimum Gasteiger partial charge on any atom is -0.489 e. The van der Waals surface area contributed by atoms with Crippen LogP contribution in [0.25, 0.3) is 0 Å². The highest BCUT2D eigenvalue weighted by atomic mass is 19.1. The van der Waals surface area contributed by atoms with Crippen molar-refractivity contribution in [1.29, 1.82) is 0 Å². The van der Waals surface area contributed by atoms with Crippen LogP contribution < -0.4 is 10.5 Å². The van der Waals surface area contributed by atoms with Crippen LogP contribution in [0.15, 0.2) is 36.4 Å². The van der Waals surface area contributed by atoms with Crippen LogP contribution in [0.2, 0.25) is 0 Å². The Bertz CT molecular complexity index is 626. The molecule has 1 unspecified atom stereocenters. The highest BCUT2D eigenvalue weighted by Crippen LogP contribution is 2.23. The van der Waals surface area contributed by atoms with Crippen molar-refractivity contribution >= 4 is 0 Å². The predicted octanol–water partition coefficient (Wildman–Crippen LogP) is 3.74. The van der Waals surface area contributed by atoms with E-state index in [2.05, 4.69) is 0 Å². The summed E-state index contributed by atoms with van der Waals surface area (Å²) < 4.78 is 32.2. The van der Waals surface area contributed by atoms with Crippen LogP contribution in [0.1, 0.15) is 23.6 Å². The van der Waals surface area contributed by atoms with Gasteiger partial charge < -0.3 is 10.5 Å². The van der Waals surface area contributed by atoms with Crippen molar-refractivity contribution < 1.29 is 13.5 Å². The number of halogens is 2. The van der Waals surface area contributed by atoms with Gasteiger partial charge in [-0.15, -0.1) is 0 Å². The van der Waals surface area contributed by atoms with Gasteiger partial charge in [-0.2, -0.15) is 0 Å². The van der Waals surface area contributed by atoms with Crippen molar-refractivity contribution in [3.63, 3.8) is 0 Å². The van der Waals surface area contributed by atoms with Crippen LogP contribution in [0.5, 0.6) is 5.75 Å². The summed E-state index contributed by atoms with van der Waals surface area (Å²) in [5.41, 5.74) is 8.23. The van der Waals surface area contributed by atoms with Crippen LogP contribution in [0, 0.1) is 18.6 Å². The van der Waals surface area contributed by atoms with E-state index in [1.165, 1.54) is 24.3 Å². The van der Waals surface area contributed by atoms with Gasteiger partial charge in [0.25, 0.3) is 0 Å². The van der Waals surface area contributed by atoms with Gasteiger partial charge in [-0.1, -0.05) is 6.07 Å². The normalized spacial score (nSPS) is 12.2. The summed E-state index contributed by atoms with van der Waals surface area (Å²) in [7, 11) is 0. The minimum atomic E-state index is -0.309. The molecule has 1 atom stereocenters. The number of rotatable bonds is 5. The van der Waals surface area contributed by atoms with Gasteiger partial charge in [0.2, 0.25) is 0 Å². The molecule has 2 aromatic carbocycles. The lowest BCUT2D eigenvalue weighted by Gasteiger charge is -2.14. The Balaban J connectivity index is 2.15. The fraction of sp³-hybridized carbons (Fsp3) is 0.294. The van der Waals surface area contributed by atoms with Crippen LogP contribution >= 0.6 is 0 Å². The molecule has 0 aromatic heterocycles. The maximum absolute atomic E-state index is 13.3. The standard InChI is InChI=1S/C17H19F2NO/c1-11-7-15(18)4-3-13(11)10-21-17-6-5-16(19)9-14(17)8-12(2)20/h3-7,9,12H,8,10,20H2,1-2H3. The van der Waals surface area contributed by atoms with E-state index in [9.17, 15) is 8.78 Å². The Morgan fingerprint density at radius 2 is 1.71 bits per heavy atom. The quantitative estimate of drug-likeness (QED) is 0.910. The number of hydrogen-bond acceptors (Lipinski definition) is 2. The van der Waals surface area contributed by atoms with Gasteiger partial charge in [0.15, 0.2) is 0 Å². The second-order valence-electron chi connectivity index (χ2n) is 5.29. The van der Waals surface area contributed by atoms with Gasteiger partial charge in [0.1, 0.15) is 24.0 Å². The van der Waals surface area contributed by atoms with Crippen molar-refractivity contribution in [3.05, 3.63) is 64.7 Å². The molecule has 0 saturated carbocycles. The highest BCUT2D eigenvalue weighted by molar-refractivity contribution is 5.35. The maximum atomic E-state index is 13.3. The van der Waals surface area contributed by atoms with Crippen LogP contribution in [-0.4, -0.2) is 6.04 Å². The lowest BCUT2D eigenvalue weighted by Crippen LogP contribution is -2.18. The van der Waals surface area contributed by atoms with E-state index in [0.29, 0.717) is 18.8 Å². The number of benzene rings is 2. The van der Waals surface area contributed by atoms with Gasteiger partial charge in [-0.25, -0.2) is 8.78 Å². The summed E-state index contributed by atoms with van der Waals surface area (Å²) in [5, 5.41) is 0. The molecular formula is C17H19F2NO. The van der Waals surface area contributed by atoms with E-state index in [1.807, 2.05) is 13.8 Å². The Hall–Kier alpha value is -1.94. The largest absolute Gasteiger partial charge is 0.489 e. The molecular weight excluding hydrogens is 272 g/mol. The molecule has 112 valence electrons. The van der Waals surface area contributed by atoms with Crippen LogP contribution in [0.3, 0.4) is 0 Å². The zero-order valence-corrected chi connectivity index (χ0v) is 12.2. The maximum Gasteiger partial charge on any atom is 0.123 e. The third kappa shape index (κ3) is 4.26. The molecule has 2 rings (SSSR count). The molecule has 0 aliphatic heterocycles. The molecule has 0 bridgehead atoms. The number of hydrogen-bond donors (Lipinski definition) is 1. The van der Waals surface area contributed by atoms with Gasteiger partial charge >= 0.3 is 0 Å². The molecule has 0 radical (unpaired) electrons. The van der Waals surface area contributed by atoms with Crippen LogP contribution in [-0.2, 0) is 13.0 Å². The first-order chi connectivity index (χ1) is 9.95. The Labute approximate surface area is 123 Å². The van der Waals surface area contributed by atoms with Crippen molar-refractivity contribution in [2.75, 3.05) is 0 Å². The van der Waals surface area contributed by atoms with Crippen molar-refractivity contribution in [2.24, 2.45) is 5.73 Å². The average Bonchev–Trinajstić information content (AvgIpc) is 2.39. The van der Waals surface area contributed by atoms with Crippen molar-refractivity contribution in [2.45, 2.75) is 32.9 Å². The molecule has 2 nitrogen and oxygen atoms in total. The van der Waals surface area contributed by atoms with Gasteiger partial charge in [-0.3, -0.25) is 0 Å². The van der Waals surface area contributed by atoms with E-state index in [4.69, 9.17) is 10.5 Å². The Kier molecular flexibility index (Phi) is 4.91. The first-order valence-corrected chi connectivity index (χ1v) is 6.87. The molecule has 0 aliphatic rings. The summed E-state index contributed by atoms with van der Waals surface area (Å²) in [6, 6.07) is 8.88. The fourth-order valence-corrected chi connectivity index (χ4v) is 2.17. The van der Waals surface area contributed by atoms with E-state index >= 15 is 0 Å². The van der Waals surface area contributed by atoms with E-state index in [-0.39, 0.29) is 17.7 Å². The van der Waals surface area contributed by atoms with Gasteiger partial charge in [-0.05, 0) is 67.3 Å². The molecule has 0 saturated heterocycles. The first kappa shape index (κ1) is 15.4. The average molecular weight is 291 g/mol. The van der Waals surface area contributed by atoms with Crippen molar-refractivity contribution in [3.8, 4) is 5.75 Å². The summed E-state index contributed by atoms with van der Waals surface area (Å²) >= 11 is 0. The molecule has 0 amide bonds.